The molecule has 7 heteroatoms. The molecule has 7 nitrogen and oxygen atoms in total. The molecule has 0 unspecified atom stereocenters. The first-order chi connectivity index (χ1) is 9.81. The summed E-state index contributed by atoms with van der Waals surface area (Å²) in [5, 5.41) is 11.5. The Morgan fingerprint density at radius 1 is 1.29 bits per heavy atom. The Bertz CT molecular complexity index is 394. The Kier molecular flexibility index (Phi) is 6.45. The van der Waals surface area contributed by atoms with Crippen molar-refractivity contribution in [2.45, 2.75) is 51.6 Å². The second-order valence-corrected chi connectivity index (χ2v) is 5.76. The highest BCUT2D eigenvalue weighted by Crippen LogP contribution is 2.18. The Balaban J connectivity index is 2.45. The van der Waals surface area contributed by atoms with E-state index < -0.39 is 5.97 Å². The molecule has 0 saturated heterocycles. The fraction of sp³-hybridized carbons (Fsp3) is 0.786. The maximum atomic E-state index is 12.3. The molecular formula is C14H25N3O4. The first-order valence-corrected chi connectivity index (χ1v) is 7.34. The van der Waals surface area contributed by atoms with Crippen LogP contribution in [0.25, 0.3) is 0 Å². The zero-order valence-electron chi connectivity index (χ0n) is 13.0. The second-order valence-electron chi connectivity index (χ2n) is 5.76. The van der Waals surface area contributed by atoms with Gasteiger partial charge in [-0.1, -0.05) is 0 Å². The zero-order valence-corrected chi connectivity index (χ0v) is 13.0. The molecule has 21 heavy (non-hydrogen) atoms. The van der Waals surface area contributed by atoms with E-state index in [1.807, 2.05) is 13.8 Å². The number of rotatable bonds is 8. The van der Waals surface area contributed by atoms with Gasteiger partial charge in [-0.15, -0.1) is 0 Å². The summed E-state index contributed by atoms with van der Waals surface area (Å²) in [6, 6.07) is -0.0145. The average Bonchev–Trinajstić information content (AvgIpc) is 3.16. The van der Waals surface area contributed by atoms with Gasteiger partial charge in [0.25, 0.3) is 0 Å². The summed E-state index contributed by atoms with van der Waals surface area (Å²) in [5.74, 6) is -1.02. The molecule has 1 rings (SSSR count). The summed E-state index contributed by atoms with van der Waals surface area (Å²) >= 11 is 0. The van der Waals surface area contributed by atoms with Gasteiger partial charge in [0.2, 0.25) is 5.91 Å². The highest BCUT2D eigenvalue weighted by molar-refractivity contribution is 5.84. The smallest absolute Gasteiger partial charge is 0.320 e. The highest BCUT2D eigenvalue weighted by atomic mass is 16.4. The third-order valence-corrected chi connectivity index (χ3v) is 3.31. The van der Waals surface area contributed by atoms with Gasteiger partial charge >= 0.3 is 12.0 Å². The van der Waals surface area contributed by atoms with Crippen LogP contribution >= 0.6 is 0 Å². The lowest BCUT2D eigenvalue weighted by molar-refractivity contribution is -0.137. The van der Waals surface area contributed by atoms with Crippen molar-refractivity contribution in [2.24, 2.45) is 0 Å². The van der Waals surface area contributed by atoms with Crippen molar-refractivity contribution in [3.63, 3.8) is 0 Å². The van der Waals surface area contributed by atoms with Crippen molar-refractivity contribution in [3.8, 4) is 0 Å². The summed E-state index contributed by atoms with van der Waals surface area (Å²) in [5.41, 5.74) is 0. The van der Waals surface area contributed by atoms with E-state index in [1.54, 1.807) is 11.9 Å². The molecule has 1 aliphatic rings. The Morgan fingerprint density at radius 2 is 1.90 bits per heavy atom. The number of urea groups is 1. The molecule has 120 valence electrons. The number of aliphatic carboxylic acids is 1. The number of carboxylic acid groups (broad SMARTS) is 1. The molecule has 1 saturated carbocycles. The highest BCUT2D eigenvalue weighted by Gasteiger charge is 2.26. The minimum atomic E-state index is -0.872. The summed E-state index contributed by atoms with van der Waals surface area (Å²) < 4.78 is 0. The Labute approximate surface area is 125 Å². The van der Waals surface area contributed by atoms with E-state index in [2.05, 4.69) is 5.32 Å². The van der Waals surface area contributed by atoms with Crippen molar-refractivity contribution < 1.29 is 19.5 Å². The van der Waals surface area contributed by atoms with Crippen LogP contribution in [0.4, 0.5) is 4.79 Å². The van der Waals surface area contributed by atoms with Crippen molar-refractivity contribution in [1.29, 1.82) is 0 Å². The lowest BCUT2D eigenvalue weighted by atomic mass is 10.2. The number of hydrogen-bond acceptors (Lipinski definition) is 3. The molecule has 0 atom stereocenters. The van der Waals surface area contributed by atoms with Crippen LogP contribution in [-0.2, 0) is 9.59 Å². The van der Waals surface area contributed by atoms with E-state index >= 15 is 0 Å². The first-order valence-electron chi connectivity index (χ1n) is 7.34. The number of carbonyl (C=O) groups is 3. The predicted octanol–water partition coefficient (Wildman–Crippen LogP) is 0.892. The first kappa shape index (κ1) is 17.3. The fourth-order valence-electron chi connectivity index (χ4n) is 1.98. The third-order valence-electron chi connectivity index (χ3n) is 3.31. The van der Waals surface area contributed by atoms with Gasteiger partial charge in [0.1, 0.15) is 6.54 Å². The van der Waals surface area contributed by atoms with E-state index in [4.69, 9.17) is 5.11 Å². The lowest BCUT2D eigenvalue weighted by Gasteiger charge is -2.31. The molecule has 0 aromatic carbocycles. The molecule has 1 aliphatic carbocycles. The summed E-state index contributed by atoms with van der Waals surface area (Å²) in [6.07, 6.45) is 2.46. The number of amides is 3. The van der Waals surface area contributed by atoms with Crippen LogP contribution in [0.5, 0.6) is 0 Å². The zero-order chi connectivity index (χ0) is 16.0. The lowest BCUT2D eigenvalue weighted by Crippen LogP contribution is -2.48. The van der Waals surface area contributed by atoms with Gasteiger partial charge in [-0.05, 0) is 33.1 Å². The van der Waals surface area contributed by atoms with Crippen molar-refractivity contribution in [3.05, 3.63) is 0 Å². The van der Waals surface area contributed by atoms with Crippen LogP contribution in [0.3, 0.4) is 0 Å². The van der Waals surface area contributed by atoms with Crippen LogP contribution in [-0.4, -0.2) is 65.0 Å². The van der Waals surface area contributed by atoms with Crippen LogP contribution < -0.4 is 5.32 Å². The third kappa shape index (κ3) is 6.46. The number of nitrogens with one attached hydrogen (secondary N) is 1. The number of carboxylic acids is 1. The predicted molar refractivity (Wildman–Crippen MR) is 77.9 cm³/mol. The maximum absolute atomic E-state index is 12.3. The van der Waals surface area contributed by atoms with Crippen LogP contribution in [0, 0.1) is 0 Å². The number of hydrogen-bond donors (Lipinski definition) is 2. The van der Waals surface area contributed by atoms with Gasteiger partial charge in [0, 0.05) is 32.1 Å². The quantitative estimate of drug-likeness (QED) is 0.696. The van der Waals surface area contributed by atoms with Gasteiger partial charge < -0.3 is 20.2 Å². The topological polar surface area (TPSA) is 90.0 Å². The van der Waals surface area contributed by atoms with Gasteiger partial charge in [0.15, 0.2) is 0 Å². The van der Waals surface area contributed by atoms with Crippen molar-refractivity contribution >= 4 is 17.9 Å². The van der Waals surface area contributed by atoms with Crippen LogP contribution in [0.1, 0.15) is 39.5 Å². The van der Waals surface area contributed by atoms with Crippen LogP contribution in [0.2, 0.25) is 0 Å². The monoisotopic (exact) mass is 299 g/mol. The minimum Gasteiger partial charge on any atom is -0.481 e. The minimum absolute atomic E-state index is 0.0253. The van der Waals surface area contributed by atoms with Crippen molar-refractivity contribution in [1.82, 2.24) is 15.1 Å². The second kappa shape index (κ2) is 7.85. The van der Waals surface area contributed by atoms with Gasteiger partial charge in [-0.3, -0.25) is 9.59 Å². The van der Waals surface area contributed by atoms with E-state index in [0.29, 0.717) is 13.0 Å². The van der Waals surface area contributed by atoms with Gasteiger partial charge in [-0.2, -0.15) is 0 Å². The molecule has 2 N–H and O–H groups in total. The molecule has 0 aliphatic heterocycles. The SMILES string of the molecule is CC(C)N(CCCC(=O)O)C(=O)N(C)CC(=O)NC1CC1. The molecule has 0 spiro atoms. The molecular weight excluding hydrogens is 274 g/mol. The van der Waals surface area contributed by atoms with Gasteiger partial charge in [-0.25, -0.2) is 4.79 Å². The number of likely N-dealkylation sites (N-methyl/N-ethyl adjacent to an activating group) is 1. The standard InChI is InChI=1S/C14H25N3O4/c1-10(2)17(8-4-5-13(19)20)14(21)16(3)9-12(18)15-11-6-7-11/h10-11H,4-9H2,1-3H3,(H,15,18)(H,19,20). The van der Waals surface area contributed by atoms with Gasteiger partial charge in [0.05, 0.1) is 0 Å². The summed E-state index contributed by atoms with van der Waals surface area (Å²) in [6.45, 7) is 4.14. The Hall–Kier alpha value is -1.79. The van der Waals surface area contributed by atoms with Crippen LogP contribution in [0.15, 0.2) is 0 Å². The normalized spacial score (nSPS) is 13.9. The number of nitrogens with zero attached hydrogens (tertiary/aromatic N) is 2. The van der Waals surface area contributed by atoms with E-state index in [1.165, 1.54) is 4.90 Å². The summed E-state index contributed by atoms with van der Waals surface area (Å²) in [7, 11) is 1.58. The average molecular weight is 299 g/mol. The van der Waals surface area contributed by atoms with Crippen molar-refractivity contribution in [2.75, 3.05) is 20.1 Å². The molecule has 0 aromatic rings. The van der Waals surface area contributed by atoms with E-state index in [-0.39, 0.29) is 37.0 Å². The molecule has 1 fully saturated rings. The van der Waals surface area contributed by atoms with E-state index in [0.717, 1.165) is 12.8 Å². The fourth-order valence-corrected chi connectivity index (χ4v) is 1.98. The molecule has 0 bridgehead atoms. The summed E-state index contributed by atoms with van der Waals surface area (Å²) in [4.78, 5) is 37.5. The largest absolute Gasteiger partial charge is 0.481 e. The molecule has 3 amide bonds. The number of carbonyl (C=O) groups excluding carboxylic acids is 2. The molecule has 0 heterocycles. The Morgan fingerprint density at radius 3 is 2.38 bits per heavy atom. The molecule has 0 aromatic heterocycles. The maximum Gasteiger partial charge on any atom is 0.320 e. The molecule has 0 radical (unpaired) electrons. The van der Waals surface area contributed by atoms with E-state index in [9.17, 15) is 14.4 Å².